The molecule has 0 radical (unpaired) electrons. The summed E-state index contributed by atoms with van der Waals surface area (Å²) in [5.74, 6) is 0. The van der Waals surface area contributed by atoms with Gasteiger partial charge in [0.05, 0.1) is 18.1 Å². The van der Waals surface area contributed by atoms with Crippen molar-refractivity contribution in [1.29, 1.82) is 0 Å². The lowest BCUT2D eigenvalue weighted by Gasteiger charge is -2.30. The second-order valence-electron chi connectivity index (χ2n) is 7.85. The molecule has 7 heteroatoms. The van der Waals surface area contributed by atoms with E-state index in [1.807, 2.05) is 67.6 Å². The van der Waals surface area contributed by atoms with E-state index < -0.39 is 28.3 Å². The molecule has 0 aliphatic heterocycles. The van der Waals surface area contributed by atoms with E-state index in [0.29, 0.717) is 6.29 Å². The first kappa shape index (κ1) is 25.5. The smallest absolute Gasteiger partial charge is 0.241 e. The highest BCUT2D eigenvalue weighted by Crippen LogP contribution is 2.18. The van der Waals surface area contributed by atoms with Crippen LogP contribution in [0.2, 0.25) is 0 Å². The fourth-order valence-electron chi connectivity index (χ4n) is 3.37. The first-order valence-corrected chi connectivity index (χ1v) is 12.4. The van der Waals surface area contributed by atoms with E-state index in [4.69, 9.17) is 9.47 Å². The van der Waals surface area contributed by atoms with Crippen LogP contribution < -0.4 is 4.72 Å². The van der Waals surface area contributed by atoms with Crippen molar-refractivity contribution in [1.82, 2.24) is 4.72 Å². The number of rotatable bonds is 13. The molecule has 3 aromatic rings. The van der Waals surface area contributed by atoms with Crippen molar-refractivity contribution >= 4 is 16.3 Å². The molecule has 0 aliphatic rings. The zero-order chi connectivity index (χ0) is 24.4. The summed E-state index contributed by atoms with van der Waals surface area (Å²) < 4.78 is 40.5. The molecule has 0 heterocycles. The molecule has 34 heavy (non-hydrogen) atoms. The molecule has 0 saturated carbocycles. The third kappa shape index (κ3) is 7.20. The van der Waals surface area contributed by atoms with Crippen molar-refractivity contribution < 1.29 is 22.7 Å². The van der Waals surface area contributed by atoms with E-state index >= 15 is 0 Å². The minimum Gasteiger partial charge on any atom is -0.368 e. The lowest BCUT2D eigenvalue weighted by Crippen LogP contribution is -2.51. The van der Waals surface area contributed by atoms with Gasteiger partial charge in [-0.15, -0.1) is 6.58 Å². The molecular weight excluding hydrogens is 450 g/mol. The van der Waals surface area contributed by atoms with Gasteiger partial charge >= 0.3 is 0 Å². The molecule has 0 aromatic heterocycles. The Bertz CT molecular complexity index is 1150. The number of carbonyl (C=O) groups is 1. The quantitative estimate of drug-likeness (QED) is 0.294. The van der Waals surface area contributed by atoms with Crippen LogP contribution in [0, 0.1) is 6.92 Å². The van der Waals surface area contributed by atoms with E-state index in [0.717, 1.165) is 16.7 Å². The number of hydrogen-bond acceptors (Lipinski definition) is 5. The van der Waals surface area contributed by atoms with Gasteiger partial charge in [0, 0.05) is 0 Å². The van der Waals surface area contributed by atoms with Crippen LogP contribution in [0.5, 0.6) is 0 Å². The van der Waals surface area contributed by atoms with Crippen LogP contribution >= 0.6 is 0 Å². The minimum atomic E-state index is -3.98. The topological polar surface area (TPSA) is 81.7 Å². The van der Waals surface area contributed by atoms with Crippen LogP contribution in [0.15, 0.2) is 102 Å². The second kappa shape index (κ2) is 12.4. The number of ether oxygens (including phenoxy) is 2. The Labute approximate surface area is 201 Å². The number of nitrogens with one attached hydrogen (secondary N) is 1. The lowest BCUT2D eigenvalue weighted by atomic mass is 10.1. The molecule has 6 nitrogen and oxygen atoms in total. The number of aldehydes is 1. The van der Waals surface area contributed by atoms with Crippen LogP contribution in [0.25, 0.3) is 0 Å². The first-order chi connectivity index (χ1) is 16.4. The standard InChI is InChI=1S/C27H29NO5S/c1-3-26(32-19-22-10-6-4-7-11-22)27(33-20-23-12-8-5-9-13-23)25(18-29)28-34(30,31)24-16-14-21(2)15-17-24/h3-18,25-28H,1,19-20H2,2H3. The number of benzene rings is 3. The largest absolute Gasteiger partial charge is 0.368 e. The molecule has 3 rings (SSSR count). The Balaban J connectivity index is 1.83. The third-order valence-electron chi connectivity index (χ3n) is 5.25. The Morgan fingerprint density at radius 2 is 1.38 bits per heavy atom. The molecule has 0 aliphatic carbocycles. The number of carbonyl (C=O) groups excluding carboxylic acids is 1. The maximum Gasteiger partial charge on any atom is 0.241 e. The van der Waals surface area contributed by atoms with E-state index in [-0.39, 0.29) is 18.1 Å². The van der Waals surface area contributed by atoms with E-state index in [1.54, 1.807) is 12.1 Å². The van der Waals surface area contributed by atoms with Crippen LogP contribution in [0.4, 0.5) is 0 Å². The van der Waals surface area contributed by atoms with Crippen LogP contribution in [0.1, 0.15) is 16.7 Å². The van der Waals surface area contributed by atoms with Gasteiger partial charge in [-0.1, -0.05) is 84.4 Å². The van der Waals surface area contributed by atoms with Crippen molar-refractivity contribution in [3.63, 3.8) is 0 Å². The molecular formula is C27H29NO5S. The highest BCUT2D eigenvalue weighted by Gasteiger charge is 2.33. The monoisotopic (exact) mass is 479 g/mol. The summed E-state index contributed by atoms with van der Waals surface area (Å²) in [6, 6.07) is 24.1. The fourth-order valence-corrected chi connectivity index (χ4v) is 4.55. The normalized spacial score (nSPS) is 14.1. The van der Waals surface area contributed by atoms with E-state index in [9.17, 15) is 13.2 Å². The van der Waals surface area contributed by atoms with Gasteiger partial charge in [0.1, 0.15) is 24.5 Å². The number of sulfonamides is 1. The first-order valence-electron chi connectivity index (χ1n) is 10.9. The Kier molecular flexibility index (Phi) is 9.30. The van der Waals surface area contributed by atoms with Gasteiger partial charge in [-0.25, -0.2) is 8.42 Å². The Hall–Kier alpha value is -3.10. The maximum absolute atomic E-state index is 13.0. The van der Waals surface area contributed by atoms with Gasteiger partial charge in [0.25, 0.3) is 0 Å². The molecule has 3 unspecified atom stereocenters. The summed E-state index contributed by atoms with van der Waals surface area (Å²) in [5.41, 5.74) is 2.74. The van der Waals surface area contributed by atoms with Gasteiger partial charge in [-0.2, -0.15) is 4.72 Å². The SMILES string of the molecule is C=CC(OCc1ccccc1)C(OCc1ccccc1)C(C=O)NS(=O)(=O)c1ccc(C)cc1. The summed E-state index contributed by atoms with van der Waals surface area (Å²) in [6.45, 7) is 6.11. The summed E-state index contributed by atoms with van der Waals surface area (Å²) in [4.78, 5) is 12.2. The van der Waals surface area contributed by atoms with Crippen molar-refractivity contribution in [3.8, 4) is 0 Å². The highest BCUT2D eigenvalue weighted by atomic mass is 32.2. The summed E-state index contributed by atoms with van der Waals surface area (Å²) in [5, 5.41) is 0. The Morgan fingerprint density at radius 1 is 0.853 bits per heavy atom. The van der Waals surface area contributed by atoms with Gasteiger partial charge in [-0.05, 0) is 30.2 Å². The predicted octanol–water partition coefficient (Wildman–Crippen LogP) is 4.20. The summed E-state index contributed by atoms with van der Waals surface area (Å²) in [6.07, 6.45) is 0.359. The third-order valence-corrected chi connectivity index (χ3v) is 6.72. The molecule has 0 amide bonds. The second-order valence-corrected chi connectivity index (χ2v) is 9.57. The summed E-state index contributed by atoms with van der Waals surface area (Å²) in [7, 11) is -3.98. The van der Waals surface area contributed by atoms with Crippen LogP contribution in [-0.2, 0) is 37.5 Å². The zero-order valence-electron chi connectivity index (χ0n) is 19.0. The van der Waals surface area contributed by atoms with Crippen molar-refractivity contribution in [3.05, 3.63) is 114 Å². The predicted molar refractivity (Wildman–Crippen MR) is 132 cm³/mol. The average Bonchev–Trinajstić information content (AvgIpc) is 2.86. The summed E-state index contributed by atoms with van der Waals surface area (Å²) >= 11 is 0. The number of hydrogen-bond donors (Lipinski definition) is 1. The van der Waals surface area contributed by atoms with Gasteiger partial charge in [0.2, 0.25) is 10.0 Å². The average molecular weight is 480 g/mol. The van der Waals surface area contributed by atoms with Crippen molar-refractivity contribution in [2.24, 2.45) is 0 Å². The molecule has 0 fully saturated rings. The molecule has 178 valence electrons. The van der Waals surface area contributed by atoms with Crippen LogP contribution in [0.3, 0.4) is 0 Å². The van der Waals surface area contributed by atoms with Gasteiger partial charge in [-0.3, -0.25) is 0 Å². The fraction of sp³-hybridized carbons (Fsp3) is 0.222. The molecule has 1 N–H and O–H groups in total. The lowest BCUT2D eigenvalue weighted by molar-refractivity contribution is -0.119. The zero-order valence-corrected chi connectivity index (χ0v) is 19.9. The molecule has 0 bridgehead atoms. The van der Waals surface area contributed by atoms with Crippen LogP contribution in [-0.4, -0.2) is 33.0 Å². The Morgan fingerprint density at radius 3 is 1.88 bits per heavy atom. The maximum atomic E-state index is 13.0. The van der Waals surface area contributed by atoms with Gasteiger partial charge in [0.15, 0.2) is 0 Å². The number of aryl methyl sites for hydroxylation is 1. The van der Waals surface area contributed by atoms with Gasteiger partial charge < -0.3 is 14.3 Å². The molecule has 0 saturated heterocycles. The molecule has 3 atom stereocenters. The van der Waals surface area contributed by atoms with E-state index in [1.165, 1.54) is 18.2 Å². The molecule has 3 aromatic carbocycles. The highest BCUT2D eigenvalue weighted by molar-refractivity contribution is 7.89. The van der Waals surface area contributed by atoms with E-state index in [2.05, 4.69) is 11.3 Å². The van der Waals surface area contributed by atoms with Crippen molar-refractivity contribution in [2.75, 3.05) is 0 Å². The van der Waals surface area contributed by atoms with Crippen molar-refractivity contribution in [2.45, 2.75) is 43.3 Å². The minimum absolute atomic E-state index is 0.0621. The molecule has 0 spiro atoms.